The van der Waals surface area contributed by atoms with Crippen molar-refractivity contribution in [2.24, 2.45) is 5.92 Å². The second-order valence-corrected chi connectivity index (χ2v) is 9.90. The van der Waals surface area contributed by atoms with Crippen molar-refractivity contribution >= 4 is 17.9 Å². The summed E-state index contributed by atoms with van der Waals surface area (Å²) in [6.07, 6.45) is 2.68. The number of aromatic hydroxyl groups is 1. The second-order valence-electron chi connectivity index (χ2n) is 9.90. The van der Waals surface area contributed by atoms with Gasteiger partial charge in [0.1, 0.15) is 23.4 Å². The van der Waals surface area contributed by atoms with E-state index in [1.165, 1.54) is 17.0 Å². The molecule has 1 fully saturated rings. The first-order valence-corrected chi connectivity index (χ1v) is 12.0. The number of benzene rings is 1. The van der Waals surface area contributed by atoms with Crippen molar-refractivity contribution in [2.45, 2.75) is 84.0 Å². The van der Waals surface area contributed by atoms with Crippen LogP contribution in [0.3, 0.4) is 0 Å². The average Bonchev–Trinajstić information content (AvgIpc) is 3.48. The van der Waals surface area contributed by atoms with E-state index < -0.39 is 36.3 Å². The van der Waals surface area contributed by atoms with Gasteiger partial charge in [-0.15, -0.1) is 0 Å². The Balaban J connectivity index is 2.34. The van der Waals surface area contributed by atoms with Gasteiger partial charge in [-0.2, -0.15) is 0 Å². The van der Waals surface area contributed by atoms with Crippen LogP contribution in [0.5, 0.6) is 5.75 Å². The summed E-state index contributed by atoms with van der Waals surface area (Å²) in [7, 11) is 0. The lowest BCUT2D eigenvalue weighted by molar-refractivity contribution is -0.144. The van der Waals surface area contributed by atoms with Crippen LogP contribution in [0.25, 0.3) is 0 Å². The van der Waals surface area contributed by atoms with Crippen molar-refractivity contribution in [3.63, 3.8) is 0 Å². The number of aliphatic hydroxyl groups is 1. The summed E-state index contributed by atoms with van der Waals surface area (Å²) < 4.78 is 5.24. The van der Waals surface area contributed by atoms with Crippen molar-refractivity contribution in [1.29, 1.82) is 0 Å². The summed E-state index contributed by atoms with van der Waals surface area (Å²) in [5, 5.41) is 25.0. The molecule has 1 saturated carbocycles. The molecule has 2 rings (SSSR count). The summed E-state index contributed by atoms with van der Waals surface area (Å²) in [5.74, 6) is -0.701. The zero-order valence-corrected chi connectivity index (χ0v) is 20.8. The molecule has 0 aliphatic heterocycles. The second kappa shape index (κ2) is 12.1. The molecule has 34 heavy (non-hydrogen) atoms. The Kier molecular flexibility index (Phi) is 9.73. The van der Waals surface area contributed by atoms with Crippen molar-refractivity contribution in [3.05, 3.63) is 29.8 Å². The number of nitrogens with one attached hydrogen (secondary N) is 2. The molecule has 4 atom stereocenters. The summed E-state index contributed by atoms with van der Waals surface area (Å²) in [6.45, 7) is 8.98. The van der Waals surface area contributed by atoms with E-state index in [0.717, 1.165) is 19.3 Å². The molecule has 0 heterocycles. The van der Waals surface area contributed by atoms with Crippen LogP contribution in [0.1, 0.15) is 71.9 Å². The Morgan fingerprint density at radius 1 is 1.18 bits per heavy atom. The average molecular weight is 478 g/mol. The fourth-order valence-corrected chi connectivity index (χ4v) is 3.77. The maximum absolute atomic E-state index is 13.6. The zero-order valence-electron chi connectivity index (χ0n) is 20.8. The predicted octanol–water partition coefficient (Wildman–Crippen LogP) is 2.86. The van der Waals surface area contributed by atoms with Gasteiger partial charge >= 0.3 is 6.09 Å². The molecule has 1 aromatic rings. The van der Waals surface area contributed by atoms with Gasteiger partial charge < -0.3 is 30.5 Å². The van der Waals surface area contributed by atoms with E-state index in [-0.39, 0.29) is 23.6 Å². The number of hydrogen-bond donors (Lipinski definition) is 4. The number of ether oxygens (including phenoxy) is 1. The van der Waals surface area contributed by atoms with Crippen molar-refractivity contribution in [2.75, 3.05) is 13.2 Å². The molecule has 0 radical (unpaired) electrons. The lowest BCUT2D eigenvalue weighted by atomic mass is 10.0. The standard InChI is InChI=1S/C25H39N3O6/c1-6-7-8-13-26-22(31)21(17-9-11-18(30)12-10-17)28(20-14-16(20)2)23(32)19(15-29)27-24(33)34-25(3,4)5/h9-12,16,19-21,29-30H,6-8,13-15H2,1-5H3,(H,26,31)(H,27,33). The summed E-state index contributed by atoms with van der Waals surface area (Å²) in [6, 6.07) is 3.68. The first-order chi connectivity index (χ1) is 16.0. The van der Waals surface area contributed by atoms with Crippen LogP contribution in [0, 0.1) is 5.92 Å². The molecule has 4 N–H and O–H groups in total. The highest BCUT2D eigenvalue weighted by Gasteiger charge is 2.48. The molecule has 3 amide bonds. The maximum atomic E-state index is 13.6. The Morgan fingerprint density at radius 2 is 1.79 bits per heavy atom. The van der Waals surface area contributed by atoms with E-state index in [2.05, 4.69) is 17.6 Å². The molecule has 1 aliphatic rings. The van der Waals surface area contributed by atoms with E-state index in [9.17, 15) is 24.6 Å². The van der Waals surface area contributed by atoms with Crippen molar-refractivity contribution in [3.8, 4) is 5.75 Å². The van der Waals surface area contributed by atoms with E-state index in [1.807, 2.05) is 6.92 Å². The van der Waals surface area contributed by atoms with Crippen LogP contribution >= 0.6 is 0 Å². The Hall–Kier alpha value is -2.81. The molecular formula is C25H39N3O6. The van der Waals surface area contributed by atoms with Crippen molar-refractivity contribution in [1.82, 2.24) is 15.5 Å². The van der Waals surface area contributed by atoms with Gasteiger partial charge in [0.25, 0.3) is 0 Å². The molecule has 1 aromatic carbocycles. The van der Waals surface area contributed by atoms with Gasteiger partial charge in [-0.1, -0.05) is 38.8 Å². The number of nitrogens with zero attached hydrogens (tertiary/aromatic N) is 1. The van der Waals surface area contributed by atoms with E-state index in [1.54, 1.807) is 32.9 Å². The van der Waals surface area contributed by atoms with Crippen LogP contribution in [-0.4, -0.2) is 63.9 Å². The van der Waals surface area contributed by atoms with E-state index in [4.69, 9.17) is 4.74 Å². The number of unbranched alkanes of at least 4 members (excludes halogenated alkanes) is 2. The lowest BCUT2D eigenvalue weighted by Gasteiger charge is -2.34. The van der Waals surface area contributed by atoms with Crippen molar-refractivity contribution < 1.29 is 29.3 Å². The summed E-state index contributed by atoms with van der Waals surface area (Å²) in [5.41, 5.74) is -0.239. The third-order valence-corrected chi connectivity index (χ3v) is 5.67. The fourth-order valence-electron chi connectivity index (χ4n) is 3.77. The van der Waals surface area contributed by atoms with Crippen LogP contribution in [0.4, 0.5) is 4.79 Å². The van der Waals surface area contributed by atoms with Crippen LogP contribution in [-0.2, 0) is 14.3 Å². The minimum atomic E-state index is -1.27. The first-order valence-electron chi connectivity index (χ1n) is 12.0. The highest BCUT2D eigenvalue weighted by Crippen LogP contribution is 2.40. The molecule has 0 bridgehead atoms. The van der Waals surface area contributed by atoms with Crippen LogP contribution < -0.4 is 10.6 Å². The molecule has 190 valence electrons. The van der Waals surface area contributed by atoms with Gasteiger partial charge in [0, 0.05) is 12.6 Å². The van der Waals surface area contributed by atoms with E-state index in [0.29, 0.717) is 18.5 Å². The largest absolute Gasteiger partial charge is 0.508 e. The quantitative estimate of drug-likeness (QED) is 0.363. The van der Waals surface area contributed by atoms with E-state index >= 15 is 0 Å². The maximum Gasteiger partial charge on any atom is 0.408 e. The van der Waals surface area contributed by atoms with Gasteiger partial charge in [0.15, 0.2) is 0 Å². The number of phenolic OH excluding ortho intramolecular Hbond substituents is 1. The van der Waals surface area contributed by atoms with Gasteiger partial charge in [-0.05, 0) is 57.2 Å². The summed E-state index contributed by atoms with van der Waals surface area (Å²) in [4.78, 5) is 40.7. The molecule has 0 spiro atoms. The number of hydrogen-bond acceptors (Lipinski definition) is 6. The highest BCUT2D eigenvalue weighted by atomic mass is 16.6. The van der Waals surface area contributed by atoms with Gasteiger partial charge in [0.05, 0.1) is 6.61 Å². The Morgan fingerprint density at radius 3 is 2.29 bits per heavy atom. The molecule has 0 aromatic heterocycles. The van der Waals surface area contributed by atoms with Gasteiger partial charge in [0.2, 0.25) is 11.8 Å². The molecule has 4 unspecified atom stereocenters. The molecule has 9 heteroatoms. The number of carbonyl (C=O) groups excluding carboxylic acids is 3. The minimum Gasteiger partial charge on any atom is -0.508 e. The number of rotatable bonds is 11. The molecule has 0 saturated heterocycles. The predicted molar refractivity (Wildman–Crippen MR) is 128 cm³/mol. The number of amides is 3. The molecule has 1 aliphatic carbocycles. The highest BCUT2D eigenvalue weighted by molar-refractivity contribution is 5.92. The normalized spacial score (nSPS) is 19.0. The zero-order chi connectivity index (χ0) is 25.5. The first kappa shape index (κ1) is 27.4. The number of carbonyl (C=O) groups is 3. The third-order valence-electron chi connectivity index (χ3n) is 5.67. The van der Waals surface area contributed by atoms with Crippen LogP contribution in [0.2, 0.25) is 0 Å². The molecular weight excluding hydrogens is 438 g/mol. The Labute approximate surface area is 201 Å². The van der Waals surface area contributed by atoms with Gasteiger partial charge in [-0.25, -0.2) is 4.79 Å². The lowest BCUT2D eigenvalue weighted by Crippen LogP contribution is -2.55. The topological polar surface area (TPSA) is 128 Å². The SMILES string of the molecule is CCCCCNC(=O)C(c1ccc(O)cc1)N(C(=O)C(CO)NC(=O)OC(C)(C)C)C1CC1C. The third kappa shape index (κ3) is 7.90. The number of alkyl carbamates (subject to hydrolysis) is 1. The fraction of sp³-hybridized carbons (Fsp3) is 0.640. The summed E-state index contributed by atoms with van der Waals surface area (Å²) >= 11 is 0. The minimum absolute atomic E-state index is 0.0448. The van der Waals surface area contributed by atoms with Gasteiger partial charge in [-0.3, -0.25) is 9.59 Å². The smallest absolute Gasteiger partial charge is 0.408 e. The molecule has 9 nitrogen and oxygen atoms in total. The number of aliphatic hydroxyl groups excluding tert-OH is 1. The monoisotopic (exact) mass is 477 g/mol. The van der Waals surface area contributed by atoms with Crippen LogP contribution in [0.15, 0.2) is 24.3 Å². The Bertz CT molecular complexity index is 836. The number of phenols is 1.